The number of nitrogens with one attached hydrogen (secondary N) is 2. The summed E-state index contributed by atoms with van der Waals surface area (Å²) in [5.41, 5.74) is 1.43. The van der Waals surface area contributed by atoms with E-state index in [1.807, 2.05) is 0 Å². The summed E-state index contributed by atoms with van der Waals surface area (Å²) in [6.07, 6.45) is -3.81. The monoisotopic (exact) mass is 548 g/mol. The molecule has 2 aromatic carbocycles. The molecule has 1 saturated heterocycles. The second-order valence-electron chi connectivity index (χ2n) is 8.79. The highest BCUT2D eigenvalue weighted by atomic mass is 19.4. The van der Waals surface area contributed by atoms with Gasteiger partial charge in [-0.15, -0.1) is 0 Å². The van der Waals surface area contributed by atoms with Gasteiger partial charge in [-0.3, -0.25) is 9.69 Å². The molecule has 0 bridgehead atoms. The standard InChI is InChI=1S/C26H28F4N6O3/c27-21-7-5-18(6-8-21)16-32-24-33-22(34-25(35-24)39-17-26(28,29)30)19-3-1-4-20(15-19)23(37)31-9-2-10-36-11-13-38-14-12-36/h1,3-8,15H,2,9-14,16-17H2,(H,31,37)(H,32,33,34,35). The quantitative estimate of drug-likeness (QED) is 0.277. The molecule has 0 saturated carbocycles. The molecule has 0 unspecified atom stereocenters. The Morgan fingerprint density at radius 2 is 1.82 bits per heavy atom. The van der Waals surface area contributed by atoms with Crippen molar-refractivity contribution in [1.82, 2.24) is 25.2 Å². The van der Waals surface area contributed by atoms with Gasteiger partial charge in [-0.05, 0) is 42.8 Å². The van der Waals surface area contributed by atoms with E-state index in [1.54, 1.807) is 36.4 Å². The van der Waals surface area contributed by atoms with Crippen molar-refractivity contribution in [3.05, 3.63) is 65.5 Å². The van der Waals surface area contributed by atoms with Crippen LogP contribution in [0.15, 0.2) is 48.5 Å². The third-order valence-corrected chi connectivity index (χ3v) is 5.77. The highest BCUT2D eigenvalue weighted by Crippen LogP contribution is 2.22. The zero-order chi connectivity index (χ0) is 27.7. The predicted octanol–water partition coefficient (Wildman–Crippen LogP) is 3.68. The Bertz CT molecular complexity index is 1240. The van der Waals surface area contributed by atoms with E-state index in [9.17, 15) is 22.4 Å². The Morgan fingerprint density at radius 3 is 2.56 bits per heavy atom. The Hall–Kier alpha value is -3.84. The van der Waals surface area contributed by atoms with E-state index in [0.717, 1.165) is 26.1 Å². The van der Waals surface area contributed by atoms with Crippen LogP contribution in [0.25, 0.3) is 11.4 Å². The number of rotatable bonds is 11. The molecule has 208 valence electrons. The van der Waals surface area contributed by atoms with Gasteiger partial charge in [0.1, 0.15) is 5.82 Å². The minimum absolute atomic E-state index is 0.0192. The molecule has 1 aliphatic rings. The molecule has 1 aliphatic heterocycles. The van der Waals surface area contributed by atoms with Crippen LogP contribution in [0.1, 0.15) is 22.3 Å². The molecule has 2 heterocycles. The zero-order valence-corrected chi connectivity index (χ0v) is 21.0. The Labute approximate surface area is 222 Å². The maximum Gasteiger partial charge on any atom is 0.422 e. The zero-order valence-electron chi connectivity index (χ0n) is 21.0. The summed E-state index contributed by atoms with van der Waals surface area (Å²) in [6, 6.07) is 11.6. The number of amides is 1. The van der Waals surface area contributed by atoms with Crippen molar-refractivity contribution in [2.24, 2.45) is 0 Å². The van der Waals surface area contributed by atoms with Crippen molar-refractivity contribution >= 4 is 11.9 Å². The van der Waals surface area contributed by atoms with Gasteiger partial charge >= 0.3 is 12.2 Å². The molecule has 39 heavy (non-hydrogen) atoms. The number of nitrogens with zero attached hydrogens (tertiary/aromatic N) is 4. The van der Waals surface area contributed by atoms with Crippen LogP contribution < -0.4 is 15.4 Å². The molecule has 0 radical (unpaired) electrons. The number of carbonyl (C=O) groups excluding carboxylic acids is 1. The first-order chi connectivity index (χ1) is 18.7. The highest BCUT2D eigenvalue weighted by Gasteiger charge is 2.29. The molecule has 1 aromatic heterocycles. The van der Waals surface area contributed by atoms with Gasteiger partial charge in [0.25, 0.3) is 5.91 Å². The lowest BCUT2D eigenvalue weighted by Crippen LogP contribution is -2.38. The molecular formula is C26H28F4N6O3. The third kappa shape index (κ3) is 9.14. The molecule has 1 amide bonds. The molecule has 3 aromatic rings. The van der Waals surface area contributed by atoms with E-state index in [0.29, 0.717) is 36.4 Å². The van der Waals surface area contributed by atoms with Gasteiger partial charge in [0.15, 0.2) is 12.4 Å². The second-order valence-corrected chi connectivity index (χ2v) is 8.79. The van der Waals surface area contributed by atoms with Gasteiger partial charge in [-0.2, -0.15) is 28.1 Å². The number of morpholine rings is 1. The Morgan fingerprint density at radius 1 is 1.05 bits per heavy atom. The Balaban J connectivity index is 1.45. The number of alkyl halides is 3. The van der Waals surface area contributed by atoms with Crippen molar-refractivity contribution in [1.29, 1.82) is 0 Å². The number of halogens is 4. The van der Waals surface area contributed by atoms with Crippen LogP contribution in [-0.4, -0.2) is 77.9 Å². The van der Waals surface area contributed by atoms with Crippen LogP contribution in [0.4, 0.5) is 23.5 Å². The van der Waals surface area contributed by atoms with Gasteiger partial charge in [-0.25, -0.2) is 4.39 Å². The van der Waals surface area contributed by atoms with E-state index in [2.05, 4.69) is 30.5 Å². The van der Waals surface area contributed by atoms with Crippen molar-refractivity contribution in [3.8, 4) is 17.4 Å². The maximum atomic E-state index is 13.2. The minimum Gasteiger partial charge on any atom is -0.454 e. The second kappa shape index (κ2) is 13.3. The smallest absolute Gasteiger partial charge is 0.422 e. The first kappa shape index (κ1) is 28.2. The van der Waals surface area contributed by atoms with Gasteiger partial charge in [0, 0.05) is 37.3 Å². The summed E-state index contributed by atoms with van der Waals surface area (Å²) in [7, 11) is 0. The first-order valence-corrected chi connectivity index (χ1v) is 12.4. The normalized spacial score (nSPS) is 14.2. The third-order valence-electron chi connectivity index (χ3n) is 5.77. The number of anilines is 1. The minimum atomic E-state index is -4.59. The van der Waals surface area contributed by atoms with Crippen molar-refractivity contribution < 1.29 is 31.8 Å². The molecule has 0 aliphatic carbocycles. The Kier molecular flexibility index (Phi) is 9.60. The van der Waals surface area contributed by atoms with E-state index >= 15 is 0 Å². The number of carbonyl (C=O) groups is 1. The van der Waals surface area contributed by atoms with Crippen molar-refractivity contribution in [3.63, 3.8) is 0 Å². The van der Waals surface area contributed by atoms with E-state index in [1.165, 1.54) is 12.1 Å². The summed E-state index contributed by atoms with van der Waals surface area (Å²) >= 11 is 0. The van der Waals surface area contributed by atoms with Gasteiger partial charge in [-0.1, -0.05) is 24.3 Å². The topological polar surface area (TPSA) is 102 Å². The summed E-state index contributed by atoms with van der Waals surface area (Å²) in [4.78, 5) is 27.2. The van der Waals surface area contributed by atoms with Gasteiger partial charge in [0.2, 0.25) is 5.95 Å². The molecule has 4 rings (SSSR count). The summed E-state index contributed by atoms with van der Waals surface area (Å²) in [5, 5.41) is 5.77. The number of benzene rings is 2. The van der Waals surface area contributed by atoms with Crippen molar-refractivity contribution in [2.75, 3.05) is 51.3 Å². The summed E-state index contributed by atoms with van der Waals surface area (Å²) < 4.78 is 61.5. The van der Waals surface area contributed by atoms with E-state index < -0.39 is 24.6 Å². The van der Waals surface area contributed by atoms with Crippen LogP contribution >= 0.6 is 0 Å². The molecule has 0 spiro atoms. The molecular weight excluding hydrogens is 520 g/mol. The van der Waals surface area contributed by atoms with Crippen LogP contribution in [0.5, 0.6) is 6.01 Å². The first-order valence-electron chi connectivity index (χ1n) is 12.4. The van der Waals surface area contributed by atoms with E-state index in [-0.39, 0.29) is 24.2 Å². The van der Waals surface area contributed by atoms with Gasteiger partial charge < -0.3 is 20.1 Å². The number of aromatic nitrogens is 3. The van der Waals surface area contributed by atoms with E-state index in [4.69, 9.17) is 9.47 Å². The predicted molar refractivity (Wildman–Crippen MR) is 135 cm³/mol. The fraction of sp³-hybridized carbons (Fsp3) is 0.385. The number of hydrogen-bond acceptors (Lipinski definition) is 8. The maximum absolute atomic E-state index is 13.2. The van der Waals surface area contributed by atoms with Gasteiger partial charge in [0.05, 0.1) is 13.2 Å². The lowest BCUT2D eigenvalue weighted by molar-refractivity contribution is -0.154. The average molecular weight is 549 g/mol. The van der Waals surface area contributed by atoms with Crippen LogP contribution in [0.3, 0.4) is 0 Å². The van der Waals surface area contributed by atoms with Crippen molar-refractivity contribution in [2.45, 2.75) is 19.1 Å². The molecule has 9 nitrogen and oxygen atoms in total. The molecule has 0 atom stereocenters. The molecule has 1 fully saturated rings. The number of hydrogen-bond donors (Lipinski definition) is 2. The largest absolute Gasteiger partial charge is 0.454 e. The fourth-order valence-corrected chi connectivity index (χ4v) is 3.79. The summed E-state index contributed by atoms with van der Waals surface area (Å²) in [5.74, 6) is -0.716. The number of ether oxygens (including phenoxy) is 2. The van der Waals surface area contributed by atoms with Crippen LogP contribution in [0, 0.1) is 5.82 Å². The van der Waals surface area contributed by atoms with Crippen LogP contribution in [-0.2, 0) is 11.3 Å². The summed E-state index contributed by atoms with van der Waals surface area (Å²) in [6.45, 7) is 3.10. The highest BCUT2D eigenvalue weighted by molar-refractivity contribution is 5.95. The SMILES string of the molecule is O=C(NCCCN1CCOCC1)c1cccc(-c2nc(NCc3ccc(F)cc3)nc(OCC(F)(F)F)n2)c1. The average Bonchev–Trinajstić information content (AvgIpc) is 2.94. The molecule has 2 N–H and O–H groups in total. The lowest BCUT2D eigenvalue weighted by Gasteiger charge is -2.26. The fourth-order valence-electron chi connectivity index (χ4n) is 3.79. The lowest BCUT2D eigenvalue weighted by atomic mass is 10.1. The van der Waals surface area contributed by atoms with Crippen LogP contribution in [0.2, 0.25) is 0 Å². The molecule has 13 heteroatoms.